The first-order valence-electron chi connectivity index (χ1n) is 9.93. The van der Waals surface area contributed by atoms with E-state index < -0.39 is 17.8 Å². The number of rotatable bonds is 8. The second-order valence-corrected chi connectivity index (χ2v) is 6.64. The highest BCUT2D eigenvalue weighted by Gasteiger charge is 2.37. The number of urea groups is 1. The van der Waals surface area contributed by atoms with E-state index in [2.05, 4.69) is 5.32 Å². The van der Waals surface area contributed by atoms with Crippen molar-refractivity contribution < 1.29 is 28.6 Å². The third-order valence-electron chi connectivity index (χ3n) is 4.49. The number of ether oxygens (including phenoxy) is 3. The molecule has 2 aromatic carbocycles. The summed E-state index contributed by atoms with van der Waals surface area (Å²) >= 11 is 0. The standard InChI is InChI=1S/C23H24N2O6/c1-4-12-31-17-10-7-16(8-11-17)25-22(27)19(21(26)24-23(25)28)13-15-6-9-18(29-3)14-20(15)30-5-2/h6-11,13-14H,4-5,12H2,1-3H3,(H,24,26,28)/b19-13-. The number of nitrogens with zero attached hydrogens (tertiary/aromatic N) is 1. The van der Waals surface area contributed by atoms with Gasteiger partial charge in [-0.15, -0.1) is 0 Å². The molecule has 1 heterocycles. The molecule has 0 aromatic heterocycles. The third kappa shape index (κ3) is 4.85. The summed E-state index contributed by atoms with van der Waals surface area (Å²) < 4.78 is 16.3. The van der Waals surface area contributed by atoms with Gasteiger partial charge in [0.1, 0.15) is 22.8 Å². The van der Waals surface area contributed by atoms with Gasteiger partial charge < -0.3 is 14.2 Å². The number of imide groups is 2. The predicted octanol–water partition coefficient (Wildman–Crippen LogP) is 3.55. The van der Waals surface area contributed by atoms with Crippen molar-refractivity contribution in [2.24, 2.45) is 0 Å². The van der Waals surface area contributed by atoms with Crippen molar-refractivity contribution >= 4 is 29.6 Å². The summed E-state index contributed by atoms with van der Waals surface area (Å²) in [6.07, 6.45) is 2.26. The van der Waals surface area contributed by atoms with Crippen LogP contribution in [0.5, 0.6) is 17.2 Å². The summed E-state index contributed by atoms with van der Waals surface area (Å²) in [5.74, 6) is 0.159. The lowest BCUT2D eigenvalue weighted by molar-refractivity contribution is -0.122. The fraction of sp³-hybridized carbons (Fsp3) is 0.261. The van der Waals surface area contributed by atoms with Crippen LogP contribution in [0.3, 0.4) is 0 Å². The average Bonchev–Trinajstić information content (AvgIpc) is 2.77. The first-order chi connectivity index (χ1) is 15.0. The molecule has 162 valence electrons. The molecule has 3 rings (SSSR count). The van der Waals surface area contributed by atoms with Crippen molar-refractivity contribution in [2.75, 3.05) is 25.2 Å². The Kier molecular flexibility index (Phi) is 6.92. The Hall–Kier alpha value is -3.81. The molecule has 1 aliphatic heterocycles. The summed E-state index contributed by atoms with van der Waals surface area (Å²) in [5, 5.41) is 2.21. The SMILES string of the molecule is CCCOc1ccc(N2C(=O)NC(=O)/C(=C/c3ccc(OC)cc3OCC)C2=O)cc1. The minimum Gasteiger partial charge on any atom is -0.497 e. The first-order valence-corrected chi connectivity index (χ1v) is 9.93. The summed E-state index contributed by atoms with van der Waals surface area (Å²) in [7, 11) is 1.53. The van der Waals surface area contributed by atoms with Gasteiger partial charge in [-0.2, -0.15) is 0 Å². The van der Waals surface area contributed by atoms with Gasteiger partial charge in [0.25, 0.3) is 11.8 Å². The van der Waals surface area contributed by atoms with Crippen molar-refractivity contribution in [1.82, 2.24) is 5.32 Å². The lowest BCUT2D eigenvalue weighted by Gasteiger charge is -2.26. The lowest BCUT2D eigenvalue weighted by Crippen LogP contribution is -2.54. The number of methoxy groups -OCH3 is 1. The molecular formula is C23H24N2O6. The Bertz CT molecular complexity index is 1010. The largest absolute Gasteiger partial charge is 0.497 e. The number of anilines is 1. The van der Waals surface area contributed by atoms with Crippen LogP contribution in [0.2, 0.25) is 0 Å². The van der Waals surface area contributed by atoms with Crippen LogP contribution in [-0.4, -0.2) is 38.2 Å². The zero-order valence-electron chi connectivity index (χ0n) is 17.6. The van der Waals surface area contributed by atoms with Crippen molar-refractivity contribution in [2.45, 2.75) is 20.3 Å². The Morgan fingerprint density at radius 1 is 0.968 bits per heavy atom. The van der Waals surface area contributed by atoms with Crippen LogP contribution in [0.25, 0.3) is 6.08 Å². The van der Waals surface area contributed by atoms with E-state index in [1.165, 1.54) is 13.2 Å². The van der Waals surface area contributed by atoms with Crippen LogP contribution >= 0.6 is 0 Å². The molecule has 8 heteroatoms. The zero-order chi connectivity index (χ0) is 22.4. The Labute approximate surface area is 180 Å². The monoisotopic (exact) mass is 424 g/mol. The molecule has 1 N–H and O–H groups in total. The van der Waals surface area contributed by atoms with Gasteiger partial charge >= 0.3 is 6.03 Å². The Morgan fingerprint density at radius 2 is 1.68 bits per heavy atom. The minimum atomic E-state index is -0.811. The zero-order valence-corrected chi connectivity index (χ0v) is 17.6. The quantitative estimate of drug-likeness (QED) is 0.515. The maximum atomic E-state index is 13.1. The summed E-state index contributed by atoms with van der Waals surface area (Å²) in [5.41, 5.74) is 0.653. The van der Waals surface area contributed by atoms with Crippen LogP contribution < -0.4 is 24.4 Å². The van der Waals surface area contributed by atoms with E-state index in [0.29, 0.717) is 41.7 Å². The molecule has 4 amide bonds. The fourth-order valence-electron chi connectivity index (χ4n) is 3.00. The van der Waals surface area contributed by atoms with E-state index in [9.17, 15) is 14.4 Å². The Morgan fingerprint density at radius 3 is 2.32 bits per heavy atom. The summed E-state index contributed by atoms with van der Waals surface area (Å²) in [4.78, 5) is 38.8. The van der Waals surface area contributed by atoms with Gasteiger partial charge in [-0.1, -0.05) is 6.92 Å². The smallest absolute Gasteiger partial charge is 0.335 e. The Balaban J connectivity index is 1.94. The highest BCUT2D eigenvalue weighted by Crippen LogP contribution is 2.29. The molecular weight excluding hydrogens is 400 g/mol. The van der Waals surface area contributed by atoms with Gasteiger partial charge in [0.15, 0.2) is 0 Å². The van der Waals surface area contributed by atoms with E-state index >= 15 is 0 Å². The molecule has 0 saturated carbocycles. The van der Waals surface area contributed by atoms with E-state index in [1.54, 1.807) is 42.5 Å². The molecule has 1 fully saturated rings. The van der Waals surface area contributed by atoms with Gasteiger partial charge in [-0.3, -0.25) is 14.9 Å². The summed E-state index contributed by atoms with van der Waals surface area (Å²) in [6, 6.07) is 10.7. The van der Waals surface area contributed by atoms with Crippen LogP contribution in [0, 0.1) is 0 Å². The minimum absolute atomic E-state index is 0.183. The highest BCUT2D eigenvalue weighted by atomic mass is 16.5. The van der Waals surface area contributed by atoms with E-state index in [-0.39, 0.29) is 5.57 Å². The molecule has 0 atom stereocenters. The molecule has 0 bridgehead atoms. The van der Waals surface area contributed by atoms with Crippen molar-refractivity contribution in [3.05, 3.63) is 53.6 Å². The second kappa shape index (κ2) is 9.80. The number of benzene rings is 2. The number of carbonyl (C=O) groups is 3. The van der Waals surface area contributed by atoms with E-state index in [1.807, 2.05) is 13.8 Å². The molecule has 8 nitrogen and oxygen atoms in total. The number of hydrogen-bond acceptors (Lipinski definition) is 6. The number of carbonyl (C=O) groups excluding carboxylic acids is 3. The fourth-order valence-corrected chi connectivity index (χ4v) is 3.00. The maximum Gasteiger partial charge on any atom is 0.335 e. The van der Waals surface area contributed by atoms with Crippen LogP contribution in [-0.2, 0) is 9.59 Å². The molecule has 2 aromatic rings. The van der Waals surface area contributed by atoms with Crippen molar-refractivity contribution in [1.29, 1.82) is 0 Å². The van der Waals surface area contributed by atoms with Crippen molar-refractivity contribution in [3.8, 4) is 17.2 Å². The van der Waals surface area contributed by atoms with E-state index in [0.717, 1.165) is 11.3 Å². The normalized spacial score (nSPS) is 15.1. The molecule has 1 aliphatic rings. The van der Waals surface area contributed by atoms with Gasteiger partial charge in [0.05, 0.1) is 26.0 Å². The predicted molar refractivity (Wildman–Crippen MR) is 115 cm³/mol. The lowest BCUT2D eigenvalue weighted by atomic mass is 10.1. The van der Waals surface area contributed by atoms with Gasteiger partial charge in [-0.05, 0) is 55.8 Å². The first kappa shape index (κ1) is 21.9. The van der Waals surface area contributed by atoms with E-state index in [4.69, 9.17) is 14.2 Å². The summed E-state index contributed by atoms with van der Waals surface area (Å²) in [6.45, 7) is 4.77. The van der Waals surface area contributed by atoms with Crippen molar-refractivity contribution in [3.63, 3.8) is 0 Å². The molecule has 0 aliphatic carbocycles. The third-order valence-corrected chi connectivity index (χ3v) is 4.49. The molecule has 1 saturated heterocycles. The second-order valence-electron chi connectivity index (χ2n) is 6.64. The maximum absolute atomic E-state index is 13.1. The number of nitrogens with one attached hydrogen (secondary N) is 1. The van der Waals surface area contributed by atoms with Gasteiger partial charge in [-0.25, -0.2) is 9.69 Å². The molecule has 0 radical (unpaired) electrons. The molecule has 31 heavy (non-hydrogen) atoms. The topological polar surface area (TPSA) is 94.2 Å². The van der Waals surface area contributed by atoms with Crippen LogP contribution in [0.1, 0.15) is 25.8 Å². The number of amides is 4. The average molecular weight is 424 g/mol. The van der Waals surface area contributed by atoms with Crippen LogP contribution in [0.4, 0.5) is 10.5 Å². The molecule has 0 spiro atoms. The highest BCUT2D eigenvalue weighted by molar-refractivity contribution is 6.39. The van der Waals surface area contributed by atoms with Crippen LogP contribution in [0.15, 0.2) is 48.0 Å². The molecule has 0 unspecified atom stereocenters. The van der Waals surface area contributed by atoms with Gasteiger partial charge in [0, 0.05) is 11.6 Å². The number of hydrogen-bond donors (Lipinski definition) is 1. The van der Waals surface area contributed by atoms with Gasteiger partial charge in [0.2, 0.25) is 0 Å². The number of barbiturate groups is 1.